The van der Waals surface area contributed by atoms with E-state index in [-0.39, 0.29) is 35.7 Å². The first kappa shape index (κ1) is 25.9. The minimum Gasteiger partial charge on any atom is -0.490 e. The lowest BCUT2D eigenvalue weighted by molar-refractivity contribution is -0.159. The number of unbranched alkanes of at least 4 members (excludes halogenated alkanes) is 2. The predicted molar refractivity (Wildman–Crippen MR) is 131 cm³/mol. The number of hydrogen-bond acceptors (Lipinski definition) is 3. The molecule has 0 aliphatic carbocycles. The molecule has 190 valence electrons. The second-order valence-electron chi connectivity index (χ2n) is 8.67. The summed E-state index contributed by atoms with van der Waals surface area (Å²) in [5.41, 5.74) is 1.09. The van der Waals surface area contributed by atoms with Crippen molar-refractivity contribution in [3.63, 3.8) is 0 Å². The lowest BCUT2D eigenvalue weighted by Gasteiger charge is -2.28. The van der Waals surface area contributed by atoms with Crippen LogP contribution in [0.3, 0.4) is 0 Å². The molecule has 3 aromatic carbocycles. The summed E-state index contributed by atoms with van der Waals surface area (Å²) in [5, 5.41) is 0. The van der Waals surface area contributed by atoms with Gasteiger partial charge in [-0.1, -0.05) is 62.7 Å². The van der Waals surface area contributed by atoms with Crippen molar-refractivity contribution in [3.05, 3.63) is 90.0 Å². The molecule has 1 saturated heterocycles. The molecule has 1 fully saturated rings. The van der Waals surface area contributed by atoms with E-state index in [1.54, 1.807) is 24.3 Å². The fourth-order valence-electron chi connectivity index (χ4n) is 4.17. The van der Waals surface area contributed by atoms with Gasteiger partial charge in [-0.25, -0.2) is 13.2 Å². The summed E-state index contributed by atoms with van der Waals surface area (Å²) in [6.07, 6.45) is 3.64. The van der Waals surface area contributed by atoms with E-state index in [1.165, 1.54) is 30.3 Å². The maximum absolute atomic E-state index is 15.0. The maximum Gasteiger partial charge on any atom is 0.201 e. The van der Waals surface area contributed by atoms with Crippen molar-refractivity contribution in [3.8, 4) is 28.0 Å². The highest BCUT2D eigenvalue weighted by Gasteiger charge is 2.26. The predicted octanol–water partition coefficient (Wildman–Crippen LogP) is 7.79. The van der Waals surface area contributed by atoms with E-state index in [9.17, 15) is 17.6 Å². The Morgan fingerprint density at radius 2 is 1.39 bits per heavy atom. The molecule has 0 radical (unpaired) electrons. The Bertz CT molecular complexity index is 1200. The van der Waals surface area contributed by atoms with E-state index in [1.807, 2.05) is 6.92 Å². The normalized spacial score (nSPS) is 17.7. The van der Waals surface area contributed by atoms with Crippen LogP contribution in [-0.4, -0.2) is 26.1 Å². The van der Waals surface area contributed by atoms with E-state index in [2.05, 4.69) is 6.58 Å². The van der Waals surface area contributed by atoms with Crippen molar-refractivity contribution in [1.82, 2.24) is 0 Å². The quantitative estimate of drug-likeness (QED) is 0.171. The zero-order chi connectivity index (χ0) is 25.7. The van der Waals surface area contributed by atoms with Crippen LogP contribution in [0.2, 0.25) is 0 Å². The third-order valence-corrected chi connectivity index (χ3v) is 6.23. The van der Waals surface area contributed by atoms with Gasteiger partial charge in [-0.05, 0) is 41.3 Å². The average Bonchev–Trinajstić information content (AvgIpc) is 2.91. The smallest absolute Gasteiger partial charge is 0.201 e. The summed E-state index contributed by atoms with van der Waals surface area (Å²) < 4.78 is 75.4. The summed E-state index contributed by atoms with van der Waals surface area (Å²) in [6, 6.07) is 12.0. The molecule has 0 atom stereocenters. The maximum atomic E-state index is 15.0. The van der Waals surface area contributed by atoms with Crippen molar-refractivity contribution in [1.29, 1.82) is 0 Å². The van der Waals surface area contributed by atoms with Crippen LogP contribution < -0.4 is 4.74 Å². The summed E-state index contributed by atoms with van der Waals surface area (Å²) >= 11 is 0. The Balaban J connectivity index is 1.52. The van der Waals surface area contributed by atoms with E-state index in [0.29, 0.717) is 17.7 Å². The number of benzene rings is 3. The molecule has 3 aromatic rings. The minimum absolute atomic E-state index is 0.0529. The molecule has 1 heterocycles. The van der Waals surface area contributed by atoms with Crippen molar-refractivity contribution in [2.45, 2.75) is 38.4 Å². The highest BCUT2D eigenvalue weighted by Crippen LogP contribution is 2.34. The Morgan fingerprint density at radius 1 is 0.806 bits per heavy atom. The van der Waals surface area contributed by atoms with Crippen LogP contribution in [0.15, 0.2) is 61.2 Å². The summed E-state index contributed by atoms with van der Waals surface area (Å²) in [7, 11) is 0. The third kappa shape index (κ3) is 5.47. The first-order valence-corrected chi connectivity index (χ1v) is 12.0. The molecule has 0 amide bonds. The van der Waals surface area contributed by atoms with Gasteiger partial charge in [-0.2, -0.15) is 4.39 Å². The van der Waals surface area contributed by atoms with Gasteiger partial charge >= 0.3 is 0 Å². The molecule has 0 unspecified atom stereocenters. The molecule has 36 heavy (non-hydrogen) atoms. The Morgan fingerprint density at radius 3 is 1.97 bits per heavy atom. The number of hydrogen-bond donors (Lipinski definition) is 0. The fourth-order valence-corrected chi connectivity index (χ4v) is 4.17. The zero-order valence-electron chi connectivity index (χ0n) is 20.0. The van der Waals surface area contributed by atoms with Crippen LogP contribution in [0.5, 0.6) is 5.75 Å². The van der Waals surface area contributed by atoms with Gasteiger partial charge in [0.1, 0.15) is 0 Å². The molecule has 0 aromatic heterocycles. The number of rotatable bonds is 9. The molecule has 4 rings (SSSR count). The lowest BCUT2D eigenvalue weighted by Crippen LogP contribution is -2.30. The standard InChI is InChI=1S/C29H28F4O3/c1-3-5-6-15-34-24-14-13-22(28(32)29(24)33)19-9-7-18(8-10-19)21-11-12-23(27(31)26(21)30)20-16-35-25(4-2)36-17-20/h4,7-14,20,25H,2-3,5-6,15-17H2,1H3. The molecule has 0 saturated carbocycles. The number of ether oxygens (including phenoxy) is 3. The largest absolute Gasteiger partial charge is 0.490 e. The number of halogens is 4. The van der Waals surface area contributed by atoms with Gasteiger partial charge in [0.2, 0.25) is 5.82 Å². The topological polar surface area (TPSA) is 27.7 Å². The highest BCUT2D eigenvalue weighted by atomic mass is 19.2. The molecule has 3 nitrogen and oxygen atoms in total. The fraction of sp³-hybridized carbons (Fsp3) is 0.310. The van der Waals surface area contributed by atoms with Gasteiger partial charge < -0.3 is 14.2 Å². The van der Waals surface area contributed by atoms with Crippen LogP contribution >= 0.6 is 0 Å². The van der Waals surface area contributed by atoms with Gasteiger partial charge in [-0.15, -0.1) is 0 Å². The first-order valence-electron chi connectivity index (χ1n) is 12.0. The van der Waals surface area contributed by atoms with Crippen molar-refractivity contribution in [2.24, 2.45) is 0 Å². The first-order chi connectivity index (χ1) is 17.4. The van der Waals surface area contributed by atoms with Crippen molar-refractivity contribution >= 4 is 0 Å². The van der Waals surface area contributed by atoms with Crippen LogP contribution in [0.1, 0.15) is 37.7 Å². The average molecular weight is 501 g/mol. The highest BCUT2D eigenvalue weighted by molar-refractivity contribution is 5.72. The van der Waals surface area contributed by atoms with Crippen molar-refractivity contribution in [2.75, 3.05) is 19.8 Å². The third-order valence-electron chi connectivity index (χ3n) is 6.23. The SMILES string of the molecule is C=CC1OCC(c2ccc(-c3ccc(-c4ccc(OCCCCC)c(F)c4F)cc3)c(F)c2F)CO1. The Hall–Kier alpha value is -3.16. The van der Waals surface area contributed by atoms with Gasteiger partial charge in [0.25, 0.3) is 0 Å². The Labute approximate surface area is 208 Å². The summed E-state index contributed by atoms with van der Waals surface area (Å²) in [6.45, 7) is 6.31. The second-order valence-corrected chi connectivity index (χ2v) is 8.67. The van der Waals surface area contributed by atoms with E-state index in [4.69, 9.17) is 14.2 Å². The van der Waals surface area contributed by atoms with Crippen LogP contribution in [0.25, 0.3) is 22.3 Å². The minimum atomic E-state index is -1.05. The van der Waals surface area contributed by atoms with Gasteiger partial charge in [0.05, 0.1) is 19.8 Å². The van der Waals surface area contributed by atoms with Gasteiger partial charge in [0.15, 0.2) is 29.5 Å². The molecule has 1 aliphatic rings. The molecular weight excluding hydrogens is 472 g/mol. The van der Waals surface area contributed by atoms with Gasteiger partial charge in [-0.3, -0.25) is 0 Å². The summed E-state index contributed by atoms with van der Waals surface area (Å²) in [4.78, 5) is 0. The van der Waals surface area contributed by atoms with E-state index < -0.39 is 35.5 Å². The molecule has 0 bridgehead atoms. The molecule has 0 spiro atoms. The van der Waals surface area contributed by atoms with Crippen LogP contribution in [0.4, 0.5) is 17.6 Å². The molecular formula is C29H28F4O3. The molecule has 0 N–H and O–H groups in total. The van der Waals surface area contributed by atoms with Crippen molar-refractivity contribution < 1.29 is 31.8 Å². The molecule has 7 heteroatoms. The zero-order valence-corrected chi connectivity index (χ0v) is 20.0. The second kappa shape index (κ2) is 11.7. The Kier molecular flexibility index (Phi) is 8.44. The van der Waals surface area contributed by atoms with Gasteiger partial charge in [0, 0.05) is 17.0 Å². The van der Waals surface area contributed by atoms with Crippen LogP contribution in [-0.2, 0) is 9.47 Å². The molecule has 1 aliphatic heterocycles. The lowest BCUT2D eigenvalue weighted by atomic mass is 9.94. The van der Waals surface area contributed by atoms with Crippen LogP contribution in [0, 0.1) is 23.3 Å². The monoisotopic (exact) mass is 500 g/mol. The summed E-state index contributed by atoms with van der Waals surface area (Å²) in [5.74, 6) is -4.60. The van der Waals surface area contributed by atoms with E-state index >= 15 is 0 Å². The van der Waals surface area contributed by atoms with E-state index in [0.717, 1.165) is 19.3 Å².